The molecule has 1 aliphatic heterocycles. The van der Waals surface area contributed by atoms with Crippen LogP contribution >= 0.6 is 11.3 Å². The van der Waals surface area contributed by atoms with Crippen molar-refractivity contribution in [2.24, 2.45) is 0 Å². The van der Waals surface area contributed by atoms with E-state index in [2.05, 4.69) is 68.1 Å². The second kappa shape index (κ2) is 7.92. The normalized spacial score (nSPS) is 14.9. The van der Waals surface area contributed by atoms with Crippen molar-refractivity contribution in [1.82, 2.24) is 9.88 Å². The van der Waals surface area contributed by atoms with E-state index in [1.54, 1.807) is 11.3 Å². The van der Waals surface area contributed by atoms with Crippen LogP contribution in [0.5, 0.6) is 0 Å². The summed E-state index contributed by atoms with van der Waals surface area (Å²) < 4.78 is 1.23. The van der Waals surface area contributed by atoms with Crippen LogP contribution in [0.3, 0.4) is 0 Å². The fraction of sp³-hybridized carbons (Fsp3) is 0.391. The summed E-state index contributed by atoms with van der Waals surface area (Å²) in [5.74, 6) is 0.737. The van der Waals surface area contributed by atoms with Gasteiger partial charge in [-0.25, -0.2) is 4.98 Å². The van der Waals surface area contributed by atoms with Gasteiger partial charge in [-0.15, -0.1) is 0 Å². The number of anilines is 1. The van der Waals surface area contributed by atoms with Gasteiger partial charge in [-0.1, -0.05) is 55.5 Å². The van der Waals surface area contributed by atoms with Crippen LogP contribution in [0.15, 0.2) is 42.5 Å². The summed E-state index contributed by atoms with van der Waals surface area (Å²) in [5.41, 5.74) is 4.74. The molecule has 0 bridgehead atoms. The Morgan fingerprint density at radius 1 is 1.07 bits per heavy atom. The molecule has 1 amide bonds. The molecule has 0 spiro atoms. The molecule has 146 valence electrons. The predicted molar refractivity (Wildman–Crippen MR) is 117 cm³/mol. The number of hydrogen-bond donors (Lipinski definition) is 0. The lowest BCUT2D eigenvalue weighted by Crippen LogP contribution is -2.49. The Labute approximate surface area is 170 Å². The molecule has 1 aliphatic rings. The maximum atomic E-state index is 12.7. The molecule has 0 N–H and O–H groups in total. The number of nitrogens with zero attached hydrogens (tertiary/aromatic N) is 3. The number of hydrogen-bond acceptors (Lipinski definition) is 4. The van der Waals surface area contributed by atoms with Crippen molar-refractivity contribution in [2.45, 2.75) is 33.1 Å². The number of aryl methyl sites for hydroxylation is 1. The summed E-state index contributed by atoms with van der Waals surface area (Å²) in [4.78, 5) is 21.8. The van der Waals surface area contributed by atoms with Gasteiger partial charge in [-0.2, -0.15) is 0 Å². The van der Waals surface area contributed by atoms with Crippen LogP contribution < -0.4 is 4.90 Å². The number of benzene rings is 2. The lowest BCUT2D eigenvalue weighted by Gasteiger charge is -2.34. The highest BCUT2D eigenvalue weighted by Gasteiger charge is 2.23. The van der Waals surface area contributed by atoms with Crippen LogP contribution in [0.1, 0.15) is 36.5 Å². The Morgan fingerprint density at radius 2 is 1.79 bits per heavy atom. The van der Waals surface area contributed by atoms with Gasteiger partial charge in [0.05, 0.1) is 16.6 Å². The summed E-state index contributed by atoms with van der Waals surface area (Å²) in [6, 6.07) is 14.9. The third-order valence-electron chi connectivity index (χ3n) is 5.44. The Morgan fingerprint density at radius 3 is 2.46 bits per heavy atom. The SMILES string of the molecule is Cc1ccc2nc(N3CCN(C(=O)Cc4ccc(C(C)C)cc4)CC3)sc2c1. The van der Waals surface area contributed by atoms with E-state index in [0.717, 1.165) is 42.4 Å². The lowest BCUT2D eigenvalue weighted by atomic mass is 10.0. The number of amides is 1. The van der Waals surface area contributed by atoms with Crippen molar-refractivity contribution >= 4 is 32.6 Å². The van der Waals surface area contributed by atoms with Crippen LogP contribution in [0.4, 0.5) is 5.13 Å². The topological polar surface area (TPSA) is 36.4 Å². The van der Waals surface area contributed by atoms with Crippen molar-refractivity contribution in [3.05, 3.63) is 59.2 Å². The standard InChI is InChI=1S/C23H27N3OS/c1-16(2)19-7-5-18(6-8-19)15-22(27)25-10-12-26(13-11-25)23-24-20-9-4-17(3)14-21(20)28-23/h4-9,14,16H,10-13,15H2,1-3H3. The fourth-order valence-electron chi connectivity index (χ4n) is 3.61. The molecule has 28 heavy (non-hydrogen) atoms. The smallest absolute Gasteiger partial charge is 0.227 e. The van der Waals surface area contributed by atoms with Gasteiger partial charge < -0.3 is 9.80 Å². The second-order valence-electron chi connectivity index (χ2n) is 7.91. The maximum Gasteiger partial charge on any atom is 0.227 e. The van der Waals surface area contributed by atoms with Crippen molar-refractivity contribution in [1.29, 1.82) is 0 Å². The van der Waals surface area contributed by atoms with Crippen LogP contribution in [0.25, 0.3) is 10.2 Å². The molecule has 1 aromatic heterocycles. The molecule has 1 fully saturated rings. The fourth-order valence-corrected chi connectivity index (χ4v) is 4.72. The molecule has 4 rings (SSSR count). The second-order valence-corrected chi connectivity index (χ2v) is 8.92. The van der Waals surface area contributed by atoms with E-state index >= 15 is 0 Å². The van der Waals surface area contributed by atoms with Crippen molar-refractivity contribution < 1.29 is 4.79 Å². The van der Waals surface area contributed by atoms with Gasteiger partial charge >= 0.3 is 0 Å². The first kappa shape index (κ1) is 18.9. The quantitative estimate of drug-likeness (QED) is 0.649. The molecular weight excluding hydrogens is 366 g/mol. The molecule has 0 saturated carbocycles. The maximum absolute atomic E-state index is 12.7. The molecule has 1 saturated heterocycles. The number of carbonyl (C=O) groups is 1. The highest BCUT2D eigenvalue weighted by molar-refractivity contribution is 7.22. The number of fused-ring (bicyclic) bond motifs is 1. The minimum absolute atomic E-state index is 0.219. The molecule has 2 heterocycles. The predicted octanol–water partition coefficient (Wildman–Crippen LogP) is 4.62. The summed E-state index contributed by atoms with van der Waals surface area (Å²) in [5, 5.41) is 1.07. The summed E-state index contributed by atoms with van der Waals surface area (Å²) in [6.45, 7) is 9.70. The Balaban J connectivity index is 1.35. The number of aromatic nitrogens is 1. The van der Waals surface area contributed by atoms with Crippen molar-refractivity contribution in [3.63, 3.8) is 0 Å². The zero-order valence-electron chi connectivity index (χ0n) is 16.8. The van der Waals surface area contributed by atoms with Crippen LogP contribution in [0.2, 0.25) is 0 Å². The van der Waals surface area contributed by atoms with Crippen LogP contribution in [-0.4, -0.2) is 42.0 Å². The molecule has 0 radical (unpaired) electrons. The molecule has 4 nitrogen and oxygen atoms in total. The zero-order chi connectivity index (χ0) is 19.7. The summed E-state index contributed by atoms with van der Waals surface area (Å²) >= 11 is 1.75. The molecule has 0 unspecified atom stereocenters. The van der Waals surface area contributed by atoms with Crippen molar-refractivity contribution in [2.75, 3.05) is 31.1 Å². The number of thiazole rings is 1. The summed E-state index contributed by atoms with van der Waals surface area (Å²) in [7, 11) is 0. The number of rotatable bonds is 4. The monoisotopic (exact) mass is 393 g/mol. The first-order chi connectivity index (χ1) is 13.5. The van der Waals surface area contributed by atoms with Crippen LogP contribution in [0, 0.1) is 6.92 Å². The van der Waals surface area contributed by atoms with E-state index in [0.29, 0.717) is 12.3 Å². The van der Waals surface area contributed by atoms with Gasteiger partial charge in [0.2, 0.25) is 5.91 Å². The zero-order valence-corrected chi connectivity index (χ0v) is 17.6. The molecule has 0 atom stereocenters. The first-order valence-electron chi connectivity index (χ1n) is 9.98. The van der Waals surface area contributed by atoms with E-state index in [9.17, 15) is 4.79 Å². The van der Waals surface area contributed by atoms with E-state index in [-0.39, 0.29) is 5.91 Å². The molecule has 3 aromatic rings. The van der Waals surface area contributed by atoms with E-state index in [1.807, 2.05) is 4.90 Å². The van der Waals surface area contributed by atoms with E-state index in [4.69, 9.17) is 4.98 Å². The van der Waals surface area contributed by atoms with Gasteiger partial charge in [-0.05, 0) is 41.7 Å². The number of carbonyl (C=O) groups excluding carboxylic acids is 1. The van der Waals surface area contributed by atoms with E-state index < -0.39 is 0 Å². The molecule has 5 heteroatoms. The highest BCUT2D eigenvalue weighted by Crippen LogP contribution is 2.30. The Bertz CT molecular complexity index is 969. The Hall–Kier alpha value is -2.40. The molecule has 2 aromatic carbocycles. The average Bonchev–Trinajstić information content (AvgIpc) is 3.11. The first-order valence-corrected chi connectivity index (χ1v) is 10.8. The van der Waals surface area contributed by atoms with Gasteiger partial charge in [0, 0.05) is 26.2 Å². The molecule has 0 aliphatic carbocycles. The minimum atomic E-state index is 0.219. The van der Waals surface area contributed by atoms with Crippen LogP contribution in [-0.2, 0) is 11.2 Å². The van der Waals surface area contributed by atoms with E-state index in [1.165, 1.54) is 15.8 Å². The van der Waals surface area contributed by atoms with Gasteiger partial charge in [0.25, 0.3) is 0 Å². The van der Waals surface area contributed by atoms with Gasteiger partial charge in [-0.3, -0.25) is 4.79 Å². The minimum Gasteiger partial charge on any atom is -0.345 e. The third kappa shape index (κ3) is 4.04. The average molecular weight is 394 g/mol. The third-order valence-corrected chi connectivity index (χ3v) is 6.52. The lowest BCUT2D eigenvalue weighted by molar-refractivity contribution is -0.130. The molecular formula is C23H27N3OS. The van der Waals surface area contributed by atoms with Gasteiger partial charge in [0.1, 0.15) is 0 Å². The van der Waals surface area contributed by atoms with Gasteiger partial charge in [0.15, 0.2) is 5.13 Å². The summed E-state index contributed by atoms with van der Waals surface area (Å²) in [6.07, 6.45) is 0.485. The number of piperazine rings is 1. The largest absolute Gasteiger partial charge is 0.345 e. The van der Waals surface area contributed by atoms with Crippen molar-refractivity contribution in [3.8, 4) is 0 Å². The Kier molecular flexibility index (Phi) is 5.36. The highest BCUT2D eigenvalue weighted by atomic mass is 32.1.